The molecule has 2 heterocycles. The van der Waals surface area contributed by atoms with Gasteiger partial charge in [-0.05, 0) is 31.2 Å². The van der Waals surface area contributed by atoms with Crippen LogP contribution in [-0.4, -0.2) is 15.9 Å². The fraction of sp³-hybridized carbons (Fsp3) is 0.136. The van der Waals surface area contributed by atoms with E-state index in [9.17, 15) is 4.79 Å². The average molecular weight is 405 g/mol. The van der Waals surface area contributed by atoms with Crippen LogP contribution in [0.3, 0.4) is 0 Å². The molecule has 6 nitrogen and oxygen atoms in total. The number of carbonyl (C=O) groups excluding carboxylic acids is 1. The third-order valence-corrected chi connectivity index (χ3v) is 5.06. The van der Waals surface area contributed by atoms with Gasteiger partial charge in [-0.2, -0.15) is 0 Å². The number of aryl methyl sites for hydroxylation is 1. The van der Waals surface area contributed by atoms with E-state index in [1.807, 2.05) is 60.8 Å². The van der Waals surface area contributed by atoms with Crippen molar-refractivity contribution < 1.29 is 13.9 Å². The van der Waals surface area contributed by atoms with Gasteiger partial charge in [-0.15, -0.1) is 11.3 Å². The number of anilines is 1. The van der Waals surface area contributed by atoms with Gasteiger partial charge in [-0.3, -0.25) is 4.79 Å². The number of hydrogen-bond donors (Lipinski definition) is 1. The zero-order chi connectivity index (χ0) is 20.1. The highest BCUT2D eigenvalue weighted by Crippen LogP contribution is 2.22. The Morgan fingerprint density at radius 2 is 2.07 bits per heavy atom. The number of oxazole rings is 1. The highest BCUT2D eigenvalue weighted by atomic mass is 32.1. The van der Waals surface area contributed by atoms with Crippen LogP contribution in [-0.2, 0) is 17.8 Å². The van der Waals surface area contributed by atoms with Crippen LogP contribution >= 0.6 is 11.3 Å². The second kappa shape index (κ2) is 8.70. The molecule has 0 radical (unpaired) electrons. The molecule has 0 unspecified atom stereocenters. The molecule has 4 aromatic rings. The van der Waals surface area contributed by atoms with E-state index in [4.69, 9.17) is 9.15 Å². The van der Waals surface area contributed by atoms with Gasteiger partial charge in [0.1, 0.15) is 17.4 Å². The number of benzene rings is 2. The Labute approximate surface area is 172 Å². The fourth-order valence-electron chi connectivity index (χ4n) is 2.75. The minimum absolute atomic E-state index is 0.129. The van der Waals surface area contributed by atoms with Crippen LogP contribution in [0.5, 0.6) is 5.75 Å². The summed E-state index contributed by atoms with van der Waals surface area (Å²) in [5.74, 6) is 1.33. The van der Waals surface area contributed by atoms with E-state index in [-0.39, 0.29) is 12.3 Å². The molecule has 0 saturated heterocycles. The van der Waals surface area contributed by atoms with E-state index in [1.54, 1.807) is 6.20 Å². The van der Waals surface area contributed by atoms with Gasteiger partial charge >= 0.3 is 0 Å². The summed E-state index contributed by atoms with van der Waals surface area (Å²) in [6, 6.07) is 15.3. The van der Waals surface area contributed by atoms with Gasteiger partial charge in [-0.1, -0.05) is 29.8 Å². The zero-order valence-electron chi connectivity index (χ0n) is 15.8. The van der Waals surface area contributed by atoms with E-state index in [0.29, 0.717) is 18.1 Å². The first kappa shape index (κ1) is 18.9. The number of thiazole rings is 1. The summed E-state index contributed by atoms with van der Waals surface area (Å²) in [4.78, 5) is 20.8. The summed E-state index contributed by atoms with van der Waals surface area (Å²) < 4.78 is 11.0. The van der Waals surface area contributed by atoms with Crippen molar-refractivity contribution in [2.45, 2.75) is 20.0 Å². The Kier molecular flexibility index (Phi) is 5.67. The first-order chi connectivity index (χ1) is 14.2. The summed E-state index contributed by atoms with van der Waals surface area (Å²) >= 11 is 1.49. The van der Waals surface area contributed by atoms with Gasteiger partial charge in [0.2, 0.25) is 5.91 Å². The van der Waals surface area contributed by atoms with E-state index < -0.39 is 0 Å². The maximum Gasteiger partial charge on any atom is 0.230 e. The normalized spacial score (nSPS) is 10.7. The first-order valence-electron chi connectivity index (χ1n) is 9.07. The molecule has 1 N–H and O–H groups in total. The monoisotopic (exact) mass is 405 g/mol. The molecule has 0 aliphatic carbocycles. The molecule has 146 valence electrons. The fourth-order valence-corrected chi connectivity index (χ4v) is 3.46. The summed E-state index contributed by atoms with van der Waals surface area (Å²) in [7, 11) is 0. The number of rotatable bonds is 7. The number of carbonyl (C=O) groups is 1. The molecule has 0 bridgehead atoms. The van der Waals surface area contributed by atoms with Gasteiger partial charge in [0.25, 0.3) is 0 Å². The van der Waals surface area contributed by atoms with Crippen molar-refractivity contribution in [3.8, 4) is 17.1 Å². The number of hydrogen-bond acceptors (Lipinski definition) is 6. The number of nitrogens with one attached hydrogen (secondary N) is 1. The van der Waals surface area contributed by atoms with Crippen LogP contribution in [0.15, 0.2) is 70.9 Å². The average Bonchev–Trinajstić information content (AvgIpc) is 3.40. The second-order valence-electron chi connectivity index (χ2n) is 6.51. The van der Waals surface area contributed by atoms with E-state index in [0.717, 1.165) is 22.0 Å². The first-order valence-corrected chi connectivity index (χ1v) is 9.95. The molecule has 0 aliphatic rings. The molecule has 0 spiro atoms. The van der Waals surface area contributed by atoms with Crippen LogP contribution in [0.25, 0.3) is 11.3 Å². The van der Waals surface area contributed by atoms with Crippen LogP contribution in [0.1, 0.15) is 16.3 Å². The number of ether oxygens (including phenoxy) is 1. The van der Waals surface area contributed by atoms with Gasteiger partial charge in [0.15, 0.2) is 12.2 Å². The standard InChI is InChI=1S/C22H19N3O3S/c1-15-5-7-19(8-6-15)27-12-22-25-18(13-29-22)10-21(26)24-17-4-2-3-16(9-17)20-11-23-14-28-20/h2-9,11,13-14H,10,12H2,1H3,(H,24,26). The Morgan fingerprint density at radius 3 is 2.86 bits per heavy atom. The molecule has 0 aliphatic heterocycles. The minimum atomic E-state index is -0.129. The molecule has 2 aromatic carbocycles. The van der Waals surface area contributed by atoms with Crippen molar-refractivity contribution in [3.05, 3.63) is 82.8 Å². The molecule has 29 heavy (non-hydrogen) atoms. The summed E-state index contributed by atoms with van der Waals surface area (Å²) in [5, 5.41) is 5.62. The molecular weight excluding hydrogens is 386 g/mol. The molecular formula is C22H19N3O3S. The SMILES string of the molecule is Cc1ccc(OCc2nc(CC(=O)Nc3cccc(-c4cnco4)c3)cs2)cc1. The topological polar surface area (TPSA) is 77.2 Å². The quantitative estimate of drug-likeness (QED) is 0.475. The van der Waals surface area contributed by atoms with E-state index >= 15 is 0 Å². The largest absolute Gasteiger partial charge is 0.486 e. The third kappa shape index (κ3) is 5.08. The number of aromatic nitrogens is 2. The van der Waals surface area contributed by atoms with Crippen molar-refractivity contribution in [1.29, 1.82) is 0 Å². The molecule has 0 fully saturated rings. The lowest BCUT2D eigenvalue weighted by Crippen LogP contribution is -2.14. The van der Waals surface area contributed by atoms with Crippen LogP contribution in [0, 0.1) is 6.92 Å². The van der Waals surface area contributed by atoms with Crippen molar-refractivity contribution in [3.63, 3.8) is 0 Å². The van der Waals surface area contributed by atoms with Crippen molar-refractivity contribution in [2.75, 3.05) is 5.32 Å². The lowest BCUT2D eigenvalue weighted by molar-refractivity contribution is -0.115. The molecule has 2 aromatic heterocycles. The number of amides is 1. The lowest BCUT2D eigenvalue weighted by atomic mass is 10.1. The van der Waals surface area contributed by atoms with Crippen LogP contribution in [0.2, 0.25) is 0 Å². The Hall–Kier alpha value is -3.45. The number of nitrogens with zero attached hydrogens (tertiary/aromatic N) is 2. The van der Waals surface area contributed by atoms with Crippen molar-refractivity contribution in [1.82, 2.24) is 9.97 Å². The molecule has 7 heteroatoms. The lowest BCUT2D eigenvalue weighted by Gasteiger charge is -2.06. The second-order valence-corrected chi connectivity index (χ2v) is 7.45. The van der Waals surface area contributed by atoms with Gasteiger partial charge in [0, 0.05) is 16.6 Å². The molecule has 0 saturated carbocycles. The molecule has 4 rings (SSSR count). The highest BCUT2D eigenvalue weighted by molar-refractivity contribution is 7.09. The zero-order valence-corrected chi connectivity index (χ0v) is 16.6. The maximum atomic E-state index is 12.4. The van der Waals surface area contributed by atoms with Gasteiger partial charge in [-0.25, -0.2) is 9.97 Å². The third-order valence-electron chi connectivity index (χ3n) is 4.19. The van der Waals surface area contributed by atoms with Gasteiger partial charge in [0.05, 0.1) is 18.3 Å². The Morgan fingerprint density at radius 1 is 1.21 bits per heavy atom. The molecule has 1 amide bonds. The molecule has 0 atom stereocenters. The summed E-state index contributed by atoms with van der Waals surface area (Å²) in [6.45, 7) is 2.42. The van der Waals surface area contributed by atoms with Crippen molar-refractivity contribution in [2.24, 2.45) is 0 Å². The van der Waals surface area contributed by atoms with Gasteiger partial charge < -0.3 is 14.5 Å². The minimum Gasteiger partial charge on any atom is -0.486 e. The summed E-state index contributed by atoms with van der Waals surface area (Å²) in [5.41, 5.74) is 3.46. The highest BCUT2D eigenvalue weighted by Gasteiger charge is 2.10. The van der Waals surface area contributed by atoms with E-state index in [2.05, 4.69) is 15.3 Å². The van der Waals surface area contributed by atoms with E-state index in [1.165, 1.54) is 23.3 Å². The van der Waals surface area contributed by atoms with Crippen molar-refractivity contribution >= 4 is 22.9 Å². The Balaban J connectivity index is 1.32. The maximum absolute atomic E-state index is 12.4. The predicted octanol–water partition coefficient (Wildman–Crippen LogP) is 4.87. The van der Waals surface area contributed by atoms with Crippen LogP contribution < -0.4 is 10.1 Å². The predicted molar refractivity (Wildman–Crippen MR) is 112 cm³/mol. The smallest absolute Gasteiger partial charge is 0.230 e. The summed E-state index contributed by atoms with van der Waals surface area (Å²) in [6.07, 6.45) is 3.22. The van der Waals surface area contributed by atoms with Crippen LogP contribution in [0.4, 0.5) is 5.69 Å². The Bertz CT molecular complexity index is 1090.